The number of rotatable bonds is 5. The monoisotopic (exact) mass is 208 g/mol. The lowest BCUT2D eigenvalue weighted by Gasteiger charge is -2.09. The van der Waals surface area contributed by atoms with E-state index in [9.17, 15) is 4.79 Å². The van der Waals surface area contributed by atoms with Gasteiger partial charge in [-0.2, -0.15) is 0 Å². The maximum absolute atomic E-state index is 10.3. The summed E-state index contributed by atoms with van der Waals surface area (Å²) in [6.07, 6.45) is 0.779. The van der Waals surface area contributed by atoms with E-state index >= 15 is 0 Å². The molecule has 4 N–H and O–H groups in total. The first-order chi connectivity index (χ1) is 7.09. The molecular weight excluding hydrogens is 192 g/mol. The molecule has 4 heteroatoms. The number of benzene rings is 1. The van der Waals surface area contributed by atoms with Crippen molar-refractivity contribution in [2.45, 2.75) is 19.8 Å². The number of carboxylic acid groups (broad SMARTS) is 1. The number of anilines is 2. The molecule has 1 aromatic rings. The van der Waals surface area contributed by atoms with E-state index in [1.807, 2.05) is 25.1 Å². The molecule has 1 aromatic carbocycles. The van der Waals surface area contributed by atoms with Gasteiger partial charge in [-0.15, -0.1) is 0 Å². The number of nitrogen functional groups attached to an aromatic ring is 1. The minimum Gasteiger partial charge on any atom is -0.481 e. The van der Waals surface area contributed by atoms with Crippen LogP contribution in [0.1, 0.15) is 18.4 Å². The lowest BCUT2D eigenvalue weighted by molar-refractivity contribution is -0.137. The number of nitrogens with two attached hydrogens (primary N) is 1. The van der Waals surface area contributed by atoms with Gasteiger partial charge < -0.3 is 16.2 Å². The maximum Gasteiger partial charge on any atom is 0.303 e. The van der Waals surface area contributed by atoms with E-state index in [1.54, 1.807) is 0 Å². The number of carboxylic acids is 1. The van der Waals surface area contributed by atoms with Crippen molar-refractivity contribution in [3.05, 3.63) is 23.8 Å². The van der Waals surface area contributed by atoms with Crippen molar-refractivity contribution in [1.29, 1.82) is 0 Å². The highest BCUT2D eigenvalue weighted by atomic mass is 16.4. The fourth-order valence-corrected chi connectivity index (χ4v) is 1.29. The van der Waals surface area contributed by atoms with E-state index in [0.29, 0.717) is 18.7 Å². The Balaban J connectivity index is 2.43. The largest absolute Gasteiger partial charge is 0.481 e. The maximum atomic E-state index is 10.3. The van der Waals surface area contributed by atoms with Crippen LogP contribution in [0.2, 0.25) is 0 Å². The minimum absolute atomic E-state index is 0.179. The highest BCUT2D eigenvalue weighted by Crippen LogP contribution is 2.19. The summed E-state index contributed by atoms with van der Waals surface area (Å²) < 4.78 is 0. The summed E-state index contributed by atoms with van der Waals surface area (Å²) in [6, 6.07) is 5.74. The zero-order valence-electron chi connectivity index (χ0n) is 8.79. The van der Waals surface area contributed by atoms with Crippen molar-refractivity contribution in [3.63, 3.8) is 0 Å². The molecule has 0 saturated heterocycles. The van der Waals surface area contributed by atoms with Gasteiger partial charge in [0, 0.05) is 13.0 Å². The molecule has 0 bridgehead atoms. The third-order valence-electron chi connectivity index (χ3n) is 2.09. The fraction of sp³-hybridized carbons (Fsp3) is 0.364. The van der Waals surface area contributed by atoms with E-state index in [-0.39, 0.29) is 6.42 Å². The lowest BCUT2D eigenvalue weighted by atomic mass is 10.2. The highest BCUT2D eigenvalue weighted by molar-refractivity contribution is 5.68. The number of nitrogens with one attached hydrogen (secondary N) is 1. The molecule has 0 amide bonds. The molecule has 0 aliphatic heterocycles. The van der Waals surface area contributed by atoms with Crippen molar-refractivity contribution in [3.8, 4) is 0 Å². The molecule has 0 aliphatic rings. The summed E-state index contributed by atoms with van der Waals surface area (Å²) in [6.45, 7) is 2.61. The zero-order valence-corrected chi connectivity index (χ0v) is 8.79. The van der Waals surface area contributed by atoms with Crippen LogP contribution in [-0.2, 0) is 4.79 Å². The van der Waals surface area contributed by atoms with Gasteiger partial charge in [-0.3, -0.25) is 4.79 Å². The van der Waals surface area contributed by atoms with Crippen molar-refractivity contribution in [1.82, 2.24) is 0 Å². The zero-order chi connectivity index (χ0) is 11.3. The van der Waals surface area contributed by atoms with Crippen molar-refractivity contribution >= 4 is 17.3 Å². The first kappa shape index (κ1) is 11.4. The first-order valence-corrected chi connectivity index (χ1v) is 4.91. The van der Waals surface area contributed by atoms with Gasteiger partial charge in [0.05, 0.1) is 11.4 Å². The first-order valence-electron chi connectivity index (χ1n) is 4.91. The van der Waals surface area contributed by atoms with Gasteiger partial charge in [0.15, 0.2) is 0 Å². The van der Waals surface area contributed by atoms with Crippen LogP contribution in [0.15, 0.2) is 18.2 Å². The number of carbonyl (C=O) groups is 1. The molecule has 0 aromatic heterocycles. The van der Waals surface area contributed by atoms with Gasteiger partial charge in [0.2, 0.25) is 0 Å². The number of aliphatic carboxylic acids is 1. The van der Waals surface area contributed by atoms with Crippen molar-refractivity contribution < 1.29 is 9.90 Å². The molecule has 0 spiro atoms. The topological polar surface area (TPSA) is 75.3 Å². The third-order valence-corrected chi connectivity index (χ3v) is 2.09. The lowest BCUT2D eigenvalue weighted by Crippen LogP contribution is -2.06. The molecule has 0 unspecified atom stereocenters. The number of aryl methyl sites for hydroxylation is 1. The van der Waals surface area contributed by atoms with Gasteiger partial charge in [-0.25, -0.2) is 0 Å². The summed E-state index contributed by atoms with van der Waals surface area (Å²) in [7, 11) is 0. The average molecular weight is 208 g/mol. The second-order valence-corrected chi connectivity index (χ2v) is 3.51. The molecule has 0 radical (unpaired) electrons. The minimum atomic E-state index is -0.769. The predicted molar refractivity (Wildman–Crippen MR) is 61.0 cm³/mol. The quantitative estimate of drug-likeness (QED) is 0.510. The molecule has 0 aliphatic carbocycles. The van der Waals surface area contributed by atoms with Crippen LogP contribution >= 0.6 is 0 Å². The molecular formula is C11H16N2O2. The molecule has 1 rings (SSSR count). The van der Waals surface area contributed by atoms with Crippen LogP contribution in [0.25, 0.3) is 0 Å². The molecule has 0 saturated carbocycles. The Hall–Kier alpha value is -1.71. The van der Waals surface area contributed by atoms with Crippen LogP contribution in [0.3, 0.4) is 0 Å². The Kier molecular flexibility index (Phi) is 3.97. The summed E-state index contributed by atoms with van der Waals surface area (Å²) in [5.74, 6) is -0.769. The Morgan fingerprint density at radius 2 is 2.27 bits per heavy atom. The van der Waals surface area contributed by atoms with Gasteiger partial charge in [-0.05, 0) is 31.0 Å². The summed E-state index contributed by atoms with van der Waals surface area (Å²) >= 11 is 0. The summed E-state index contributed by atoms with van der Waals surface area (Å²) in [5, 5.41) is 11.6. The van der Waals surface area contributed by atoms with Crippen molar-refractivity contribution in [2.24, 2.45) is 0 Å². The van der Waals surface area contributed by atoms with E-state index in [4.69, 9.17) is 10.8 Å². The molecule has 4 nitrogen and oxygen atoms in total. The molecule has 0 heterocycles. The third kappa shape index (κ3) is 3.89. The van der Waals surface area contributed by atoms with Crippen molar-refractivity contribution in [2.75, 3.05) is 17.6 Å². The SMILES string of the molecule is Cc1ccc(N)c(NCCCC(=O)O)c1. The van der Waals surface area contributed by atoms with Crippen LogP contribution in [0.4, 0.5) is 11.4 Å². The predicted octanol–water partition coefficient (Wildman–Crippen LogP) is 1.85. The smallest absolute Gasteiger partial charge is 0.303 e. The van der Waals surface area contributed by atoms with Gasteiger partial charge in [-0.1, -0.05) is 6.07 Å². The standard InChI is InChI=1S/C11H16N2O2/c1-8-4-5-9(12)10(7-8)13-6-2-3-11(14)15/h4-5,7,13H,2-3,6,12H2,1H3,(H,14,15). The Morgan fingerprint density at radius 1 is 1.53 bits per heavy atom. The van der Waals surface area contributed by atoms with Crippen LogP contribution in [0.5, 0.6) is 0 Å². The Morgan fingerprint density at radius 3 is 2.93 bits per heavy atom. The van der Waals surface area contributed by atoms with E-state index in [2.05, 4.69) is 5.32 Å². The molecule has 0 fully saturated rings. The van der Waals surface area contributed by atoms with E-state index < -0.39 is 5.97 Å². The normalized spacial score (nSPS) is 9.93. The highest BCUT2D eigenvalue weighted by Gasteiger charge is 1.99. The van der Waals surface area contributed by atoms with E-state index in [1.165, 1.54) is 0 Å². The average Bonchev–Trinajstić information content (AvgIpc) is 2.17. The second-order valence-electron chi connectivity index (χ2n) is 3.51. The van der Waals surface area contributed by atoms with Gasteiger partial charge in [0.1, 0.15) is 0 Å². The van der Waals surface area contributed by atoms with Gasteiger partial charge >= 0.3 is 5.97 Å². The fourth-order valence-electron chi connectivity index (χ4n) is 1.29. The van der Waals surface area contributed by atoms with Crippen LogP contribution in [-0.4, -0.2) is 17.6 Å². The van der Waals surface area contributed by atoms with Crippen LogP contribution in [0, 0.1) is 6.92 Å². The second kappa shape index (κ2) is 5.24. The molecule has 15 heavy (non-hydrogen) atoms. The molecule has 0 atom stereocenters. The number of hydrogen-bond acceptors (Lipinski definition) is 3. The summed E-state index contributed by atoms with van der Waals surface area (Å²) in [5.41, 5.74) is 8.45. The van der Waals surface area contributed by atoms with E-state index in [0.717, 1.165) is 11.3 Å². The Bertz CT molecular complexity index is 350. The summed E-state index contributed by atoms with van der Waals surface area (Å²) in [4.78, 5) is 10.3. The van der Waals surface area contributed by atoms with Crippen LogP contribution < -0.4 is 11.1 Å². The number of hydrogen-bond donors (Lipinski definition) is 3. The molecule has 82 valence electrons. The Labute approximate surface area is 89.1 Å². The van der Waals surface area contributed by atoms with Gasteiger partial charge in [0.25, 0.3) is 0 Å².